The van der Waals surface area contributed by atoms with Crippen molar-refractivity contribution >= 4 is 23.2 Å². The van der Waals surface area contributed by atoms with Crippen LogP contribution in [0.4, 0.5) is 5.69 Å². The molecule has 2 amide bonds. The monoisotopic (exact) mass is 321 g/mol. The van der Waals surface area contributed by atoms with Crippen LogP contribution in [-0.2, 0) is 9.59 Å². The molecule has 1 N–H and O–H groups in total. The van der Waals surface area contributed by atoms with Crippen LogP contribution in [0.1, 0.15) is 31.4 Å². The topological polar surface area (TPSA) is 61.8 Å². The van der Waals surface area contributed by atoms with Crippen LogP contribution in [0.3, 0.4) is 0 Å². The van der Waals surface area contributed by atoms with Gasteiger partial charge in [0.25, 0.3) is 5.91 Å². The molecule has 122 valence electrons. The molecule has 2 aromatic rings. The van der Waals surface area contributed by atoms with Crippen LogP contribution in [0.5, 0.6) is 0 Å². The van der Waals surface area contributed by atoms with Crippen molar-refractivity contribution in [2.75, 3.05) is 5.01 Å². The summed E-state index contributed by atoms with van der Waals surface area (Å²) < 4.78 is 0. The molecule has 0 saturated carbocycles. The third-order valence-corrected chi connectivity index (χ3v) is 3.94. The van der Waals surface area contributed by atoms with E-state index in [0.717, 1.165) is 5.56 Å². The second-order valence-corrected chi connectivity index (χ2v) is 5.69. The van der Waals surface area contributed by atoms with Gasteiger partial charge in [0.15, 0.2) is 0 Å². The standard InChI is InChI=1S/C19H19N3O2/c1-14(15-8-4-2-5-9-15)20-19(24)17-12-13-18(23)22(21-17)16-10-6-3-7-11-16/h2-11,14H,12-13H2,1H3,(H,20,24). The molecule has 0 spiro atoms. The van der Waals surface area contributed by atoms with Gasteiger partial charge >= 0.3 is 0 Å². The number of hydrogen-bond acceptors (Lipinski definition) is 3. The first-order chi connectivity index (χ1) is 11.6. The Morgan fingerprint density at radius 3 is 2.33 bits per heavy atom. The second kappa shape index (κ2) is 7.08. The quantitative estimate of drug-likeness (QED) is 0.941. The van der Waals surface area contributed by atoms with E-state index in [1.165, 1.54) is 5.01 Å². The third-order valence-electron chi connectivity index (χ3n) is 3.94. The lowest BCUT2D eigenvalue weighted by molar-refractivity contribution is -0.119. The smallest absolute Gasteiger partial charge is 0.267 e. The van der Waals surface area contributed by atoms with Crippen molar-refractivity contribution in [3.8, 4) is 0 Å². The largest absolute Gasteiger partial charge is 0.344 e. The first kappa shape index (κ1) is 15.9. The maximum absolute atomic E-state index is 12.5. The Balaban J connectivity index is 1.76. The molecule has 0 bridgehead atoms. The molecule has 1 heterocycles. The summed E-state index contributed by atoms with van der Waals surface area (Å²) in [5.41, 5.74) is 2.07. The van der Waals surface area contributed by atoms with Gasteiger partial charge in [-0.1, -0.05) is 48.5 Å². The molecular formula is C19H19N3O2. The highest BCUT2D eigenvalue weighted by atomic mass is 16.2. The number of hydrazone groups is 1. The Kier molecular flexibility index (Phi) is 4.70. The van der Waals surface area contributed by atoms with E-state index < -0.39 is 0 Å². The molecule has 5 nitrogen and oxygen atoms in total. The summed E-state index contributed by atoms with van der Waals surface area (Å²) >= 11 is 0. The zero-order valence-electron chi connectivity index (χ0n) is 13.5. The summed E-state index contributed by atoms with van der Waals surface area (Å²) in [6, 6.07) is 18.8. The molecule has 1 atom stereocenters. The molecule has 0 radical (unpaired) electrons. The van der Waals surface area contributed by atoms with E-state index in [2.05, 4.69) is 10.4 Å². The van der Waals surface area contributed by atoms with Crippen LogP contribution in [-0.4, -0.2) is 17.5 Å². The lowest BCUT2D eigenvalue weighted by Crippen LogP contribution is -2.39. The highest BCUT2D eigenvalue weighted by Gasteiger charge is 2.26. The molecule has 24 heavy (non-hydrogen) atoms. The summed E-state index contributed by atoms with van der Waals surface area (Å²) in [7, 11) is 0. The Morgan fingerprint density at radius 2 is 1.67 bits per heavy atom. The van der Waals surface area contributed by atoms with Crippen LogP contribution >= 0.6 is 0 Å². The Labute approximate surface area is 141 Å². The van der Waals surface area contributed by atoms with Gasteiger partial charge < -0.3 is 5.32 Å². The number of rotatable bonds is 4. The highest BCUT2D eigenvalue weighted by Crippen LogP contribution is 2.20. The van der Waals surface area contributed by atoms with Gasteiger partial charge in [-0.05, 0) is 24.6 Å². The summed E-state index contributed by atoms with van der Waals surface area (Å²) in [4.78, 5) is 24.6. The minimum atomic E-state index is -0.236. The average molecular weight is 321 g/mol. The van der Waals surface area contributed by atoms with E-state index in [4.69, 9.17) is 0 Å². The number of benzene rings is 2. The fraction of sp³-hybridized carbons (Fsp3) is 0.211. The Bertz CT molecular complexity index is 757. The van der Waals surface area contributed by atoms with Crippen LogP contribution in [0.25, 0.3) is 0 Å². The van der Waals surface area contributed by atoms with Crippen molar-refractivity contribution in [3.63, 3.8) is 0 Å². The molecular weight excluding hydrogens is 302 g/mol. The van der Waals surface area contributed by atoms with Crippen LogP contribution in [0.15, 0.2) is 65.8 Å². The van der Waals surface area contributed by atoms with Gasteiger partial charge in [0.1, 0.15) is 5.71 Å². The normalized spacial score (nSPS) is 15.6. The van der Waals surface area contributed by atoms with Crippen LogP contribution in [0, 0.1) is 0 Å². The maximum atomic E-state index is 12.5. The van der Waals surface area contributed by atoms with E-state index in [1.54, 1.807) is 12.1 Å². The SMILES string of the molecule is CC(NC(=O)C1=NN(c2ccccc2)C(=O)CC1)c1ccccc1. The molecule has 2 aromatic carbocycles. The van der Waals surface area contributed by atoms with Crippen molar-refractivity contribution in [3.05, 3.63) is 66.2 Å². The number of hydrogen-bond donors (Lipinski definition) is 1. The molecule has 0 aliphatic carbocycles. The molecule has 1 aliphatic rings. The van der Waals surface area contributed by atoms with Gasteiger partial charge in [0.2, 0.25) is 5.91 Å². The van der Waals surface area contributed by atoms with E-state index >= 15 is 0 Å². The fourth-order valence-corrected chi connectivity index (χ4v) is 2.59. The van der Waals surface area contributed by atoms with Gasteiger partial charge in [0, 0.05) is 12.8 Å². The predicted molar refractivity (Wildman–Crippen MR) is 93.6 cm³/mol. The molecule has 1 aliphatic heterocycles. The number of amides is 2. The zero-order valence-corrected chi connectivity index (χ0v) is 13.5. The van der Waals surface area contributed by atoms with Crippen molar-refractivity contribution in [1.82, 2.24) is 5.32 Å². The van der Waals surface area contributed by atoms with Gasteiger partial charge in [-0.15, -0.1) is 0 Å². The fourth-order valence-electron chi connectivity index (χ4n) is 2.59. The van der Waals surface area contributed by atoms with Gasteiger partial charge in [-0.25, -0.2) is 5.01 Å². The number of carbonyl (C=O) groups is 2. The summed E-state index contributed by atoms with van der Waals surface area (Å²) in [6.45, 7) is 1.93. The summed E-state index contributed by atoms with van der Waals surface area (Å²) in [6.07, 6.45) is 0.635. The van der Waals surface area contributed by atoms with Crippen molar-refractivity contribution < 1.29 is 9.59 Å². The van der Waals surface area contributed by atoms with E-state index in [9.17, 15) is 9.59 Å². The lowest BCUT2D eigenvalue weighted by atomic mass is 10.1. The zero-order chi connectivity index (χ0) is 16.9. The van der Waals surface area contributed by atoms with E-state index in [1.807, 2.05) is 55.5 Å². The van der Waals surface area contributed by atoms with Gasteiger partial charge in [0.05, 0.1) is 11.7 Å². The van der Waals surface area contributed by atoms with Crippen LogP contribution in [0.2, 0.25) is 0 Å². The first-order valence-electron chi connectivity index (χ1n) is 7.96. The number of para-hydroxylation sites is 1. The number of nitrogens with one attached hydrogen (secondary N) is 1. The number of anilines is 1. The van der Waals surface area contributed by atoms with Crippen molar-refractivity contribution in [1.29, 1.82) is 0 Å². The molecule has 0 fully saturated rings. The lowest BCUT2D eigenvalue weighted by Gasteiger charge is -2.24. The van der Waals surface area contributed by atoms with Crippen molar-refractivity contribution in [2.24, 2.45) is 5.10 Å². The van der Waals surface area contributed by atoms with Crippen LogP contribution < -0.4 is 10.3 Å². The molecule has 0 aromatic heterocycles. The van der Waals surface area contributed by atoms with E-state index in [-0.39, 0.29) is 24.3 Å². The average Bonchev–Trinajstić information content (AvgIpc) is 2.63. The van der Waals surface area contributed by atoms with E-state index in [0.29, 0.717) is 17.8 Å². The third kappa shape index (κ3) is 3.51. The molecule has 1 unspecified atom stereocenters. The second-order valence-electron chi connectivity index (χ2n) is 5.69. The van der Waals surface area contributed by atoms with Gasteiger partial charge in [-0.3, -0.25) is 9.59 Å². The highest BCUT2D eigenvalue weighted by molar-refractivity contribution is 6.40. The minimum absolute atomic E-state index is 0.103. The predicted octanol–water partition coefficient (Wildman–Crippen LogP) is 3.05. The Hall–Kier alpha value is -2.95. The molecule has 3 rings (SSSR count). The van der Waals surface area contributed by atoms with Crippen molar-refractivity contribution in [2.45, 2.75) is 25.8 Å². The summed E-state index contributed by atoms with van der Waals surface area (Å²) in [5, 5.41) is 8.52. The molecule has 0 saturated heterocycles. The molecule has 5 heteroatoms. The van der Waals surface area contributed by atoms with Gasteiger partial charge in [-0.2, -0.15) is 5.10 Å². The maximum Gasteiger partial charge on any atom is 0.267 e. The minimum Gasteiger partial charge on any atom is -0.344 e. The Morgan fingerprint density at radius 1 is 1.04 bits per heavy atom. The first-order valence-corrected chi connectivity index (χ1v) is 7.96. The number of nitrogens with zero attached hydrogens (tertiary/aromatic N) is 2. The summed E-state index contributed by atoms with van der Waals surface area (Å²) in [5.74, 6) is -0.339. The number of carbonyl (C=O) groups excluding carboxylic acids is 2.